The summed E-state index contributed by atoms with van der Waals surface area (Å²) in [6.45, 7) is 1.35. The molecule has 15 heteroatoms. The summed E-state index contributed by atoms with van der Waals surface area (Å²) in [4.78, 5) is 80.1. The molecular formula is C33H43N7O8. The van der Waals surface area contributed by atoms with Crippen LogP contribution in [0.25, 0.3) is 0 Å². The van der Waals surface area contributed by atoms with Gasteiger partial charge in [-0.3, -0.25) is 28.8 Å². The highest BCUT2D eigenvalue weighted by atomic mass is 16.5. The molecule has 1 aromatic carbocycles. The molecule has 1 fully saturated rings. The lowest BCUT2D eigenvalue weighted by Crippen LogP contribution is -2.53. The Bertz CT molecular complexity index is 1460. The number of rotatable bonds is 8. The van der Waals surface area contributed by atoms with Gasteiger partial charge in [-0.25, -0.2) is 0 Å². The summed E-state index contributed by atoms with van der Waals surface area (Å²) in [5, 5.41) is 13.6. The fraction of sp³-hybridized carbons (Fsp3) is 0.455. The van der Waals surface area contributed by atoms with Crippen LogP contribution in [0.3, 0.4) is 0 Å². The summed E-state index contributed by atoms with van der Waals surface area (Å²) < 4.78 is 10.7. The normalized spacial score (nSPS) is 22.2. The minimum Gasteiger partial charge on any atom is -0.469 e. The molecule has 0 radical (unpaired) electrons. The Morgan fingerprint density at radius 1 is 0.979 bits per heavy atom. The first-order valence-corrected chi connectivity index (χ1v) is 16.0. The minimum atomic E-state index is -1.14. The van der Waals surface area contributed by atoms with Gasteiger partial charge in [-0.2, -0.15) is 0 Å². The van der Waals surface area contributed by atoms with E-state index in [0.717, 1.165) is 12.2 Å². The summed E-state index contributed by atoms with van der Waals surface area (Å²) in [6, 6.07) is 8.32. The Morgan fingerprint density at radius 2 is 1.79 bits per heavy atom. The van der Waals surface area contributed by atoms with Gasteiger partial charge in [-0.1, -0.05) is 24.3 Å². The number of carbonyl (C=O) groups is 6. The maximum absolute atomic E-state index is 13.5. The van der Waals surface area contributed by atoms with Crippen LogP contribution in [0, 0.1) is 5.92 Å². The number of fused-ring (bicyclic) bond motifs is 3. The van der Waals surface area contributed by atoms with Crippen LogP contribution in [-0.4, -0.2) is 98.4 Å². The quantitative estimate of drug-likeness (QED) is 0.184. The molecule has 0 saturated carbocycles. The number of hydrogen-bond donors (Lipinski definition) is 6. The Kier molecular flexibility index (Phi) is 13.7. The lowest BCUT2D eigenvalue weighted by Gasteiger charge is -2.32. The molecule has 258 valence electrons. The van der Waals surface area contributed by atoms with Gasteiger partial charge in [-0.05, 0) is 36.1 Å². The summed E-state index contributed by atoms with van der Waals surface area (Å²) >= 11 is 0. The zero-order valence-electron chi connectivity index (χ0n) is 26.7. The van der Waals surface area contributed by atoms with Gasteiger partial charge in [0, 0.05) is 57.8 Å². The highest BCUT2D eigenvalue weighted by molar-refractivity contribution is 5.97. The van der Waals surface area contributed by atoms with Gasteiger partial charge >= 0.3 is 0 Å². The third-order valence-electron chi connectivity index (χ3n) is 7.96. The first kappa shape index (κ1) is 35.8. The highest BCUT2D eigenvalue weighted by Crippen LogP contribution is 2.18. The molecule has 7 N–H and O–H groups in total. The van der Waals surface area contributed by atoms with E-state index >= 15 is 0 Å². The maximum Gasteiger partial charge on any atom is 0.246 e. The SMILES string of the molecule is NCCOCCNC(=O)[C@@H]1CNC(=O)/C=C/C(=O)N2CCC[C@H](C2)C(=O)N[C@@H](Cc2ccco2)C(=O)NCc2ccccc2CC(=O)N1. The van der Waals surface area contributed by atoms with Gasteiger partial charge in [-0.15, -0.1) is 0 Å². The van der Waals surface area contributed by atoms with E-state index in [1.807, 2.05) is 0 Å². The number of furan rings is 1. The molecule has 0 aliphatic carbocycles. The van der Waals surface area contributed by atoms with Gasteiger partial charge in [0.05, 0.1) is 31.8 Å². The Morgan fingerprint density at radius 3 is 2.56 bits per heavy atom. The molecule has 2 aliphatic heterocycles. The molecular weight excluding hydrogens is 622 g/mol. The monoisotopic (exact) mass is 665 g/mol. The summed E-state index contributed by atoms with van der Waals surface area (Å²) in [6.07, 6.45) is 4.69. The molecule has 48 heavy (non-hydrogen) atoms. The van der Waals surface area contributed by atoms with Crippen molar-refractivity contribution >= 4 is 35.4 Å². The van der Waals surface area contributed by atoms with Crippen molar-refractivity contribution in [3.63, 3.8) is 0 Å². The second-order valence-electron chi connectivity index (χ2n) is 11.5. The first-order chi connectivity index (χ1) is 23.2. The van der Waals surface area contributed by atoms with Crippen molar-refractivity contribution < 1.29 is 37.9 Å². The number of carbonyl (C=O) groups excluding carboxylic acids is 6. The molecule has 15 nitrogen and oxygen atoms in total. The predicted octanol–water partition coefficient (Wildman–Crippen LogP) is -1.33. The van der Waals surface area contributed by atoms with Crippen molar-refractivity contribution in [3.05, 3.63) is 71.7 Å². The number of amides is 6. The molecule has 0 spiro atoms. The third-order valence-corrected chi connectivity index (χ3v) is 7.96. The molecule has 1 aromatic heterocycles. The number of hydrogen-bond acceptors (Lipinski definition) is 9. The van der Waals surface area contributed by atoms with E-state index in [-0.39, 0.29) is 51.5 Å². The Labute approximate surface area is 278 Å². The lowest BCUT2D eigenvalue weighted by molar-refractivity contribution is -0.135. The van der Waals surface area contributed by atoms with Crippen LogP contribution >= 0.6 is 0 Å². The third kappa shape index (κ3) is 11.1. The van der Waals surface area contributed by atoms with E-state index < -0.39 is 47.5 Å². The van der Waals surface area contributed by atoms with E-state index in [4.69, 9.17) is 14.9 Å². The molecule has 3 heterocycles. The van der Waals surface area contributed by atoms with Crippen LogP contribution in [0.5, 0.6) is 0 Å². The molecule has 2 bridgehead atoms. The van der Waals surface area contributed by atoms with Crippen molar-refractivity contribution in [2.24, 2.45) is 11.7 Å². The fourth-order valence-electron chi connectivity index (χ4n) is 5.42. The van der Waals surface area contributed by atoms with Crippen LogP contribution in [-0.2, 0) is 52.9 Å². The topological polar surface area (TPSA) is 214 Å². The second-order valence-corrected chi connectivity index (χ2v) is 11.5. The number of benzene rings is 1. The molecule has 2 aliphatic rings. The van der Waals surface area contributed by atoms with Crippen molar-refractivity contribution in [1.29, 1.82) is 0 Å². The second kappa shape index (κ2) is 18.4. The standard InChI is InChI=1S/C33H43N7O8/c34-11-15-47-16-12-35-33(46)27-20-36-28(41)9-10-30(43)40-13-3-7-24(21-40)31(44)39-26(18-25-8-4-14-48-25)32(45)37-19-23-6-2-1-5-22(23)17-29(42)38-27/h1-2,4-6,8-10,14,24,26-27H,3,7,11-13,15-21,34H2,(H,35,46)(H,36,41)(H,37,45)(H,38,42)(H,39,44)/b10-9+/t24-,26+,27+/m1/s1. The van der Waals surface area contributed by atoms with E-state index in [0.29, 0.717) is 49.4 Å². The summed E-state index contributed by atoms with van der Waals surface area (Å²) in [7, 11) is 0. The van der Waals surface area contributed by atoms with E-state index in [1.165, 1.54) is 11.2 Å². The Balaban J connectivity index is 1.56. The molecule has 3 atom stereocenters. The fourth-order valence-corrected chi connectivity index (χ4v) is 5.42. The molecule has 4 rings (SSSR count). The number of piperidine rings is 1. The van der Waals surface area contributed by atoms with Gasteiger partial charge in [0.2, 0.25) is 35.4 Å². The maximum atomic E-state index is 13.5. The van der Waals surface area contributed by atoms with E-state index in [9.17, 15) is 28.8 Å². The smallest absolute Gasteiger partial charge is 0.246 e. The van der Waals surface area contributed by atoms with E-state index in [2.05, 4.69) is 26.6 Å². The van der Waals surface area contributed by atoms with Crippen LogP contribution in [0.15, 0.2) is 59.2 Å². The van der Waals surface area contributed by atoms with Crippen LogP contribution < -0.4 is 32.3 Å². The van der Waals surface area contributed by atoms with Gasteiger partial charge in [0.15, 0.2) is 0 Å². The van der Waals surface area contributed by atoms with Crippen LogP contribution in [0.2, 0.25) is 0 Å². The van der Waals surface area contributed by atoms with Crippen molar-refractivity contribution in [3.8, 4) is 0 Å². The van der Waals surface area contributed by atoms with E-state index in [1.54, 1.807) is 36.4 Å². The largest absolute Gasteiger partial charge is 0.469 e. The van der Waals surface area contributed by atoms with Crippen LogP contribution in [0.1, 0.15) is 29.7 Å². The van der Waals surface area contributed by atoms with Gasteiger partial charge in [0.1, 0.15) is 17.8 Å². The highest BCUT2D eigenvalue weighted by Gasteiger charge is 2.31. The molecule has 6 amide bonds. The Hall–Kier alpha value is -5.02. The van der Waals surface area contributed by atoms with Crippen molar-refractivity contribution in [2.75, 3.05) is 45.9 Å². The number of ether oxygens (including phenoxy) is 1. The first-order valence-electron chi connectivity index (χ1n) is 16.0. The zero-order valence-corrected chi connectivity index (χ0v) is 26.7. The predicted molar refractivity (Wildman–Crippen MR) is 173 cm³/mol. The molecule has 1 saturated heterocycles. The average Bonchev–Trinajstić information content (AvgIpc) is 3.60. The van der Waals surface area contributed by atoms with Crippen LogP contribution in [0.4, 0.5) is 0 Å². The number of nitrogens with one attached hydrogen (secondary N) is 5. The lowest BCUT2D eigenvalue weighted by atomic mass is 9.96. The molecule has 2 aromatic rings. The number of nitrogens with two attached hydrogens (primary N) is 1. The average molecular weight is 666 g/mol. The van der Waals surface area contributed by atoms with Gasteiger partial charge in [0.25, 0.3) is 0 Å². The van der Waals surface area contributed by atoms with Crippen molar-refractivity contribution in [1.82, 2.24) is 31.5 Å². The van der Waals surface area contributed by atoms with Gasteiger partial charge < -0.3 is 46.4 Å². The number of nitrogens with zero attached hydrogens (tertiary/aromatic N) is 1. The minimum absolute atomic E-state index is 0.0625. The zero-order chi connectivity index (χ0) is 34.3. The molecule has 0 unspecified atom stereocenters. The summed E-state index contributed by atoms with van der Waals surface area (Å²) in [5.74, 6) is -3.04. The summed E-state index contributed by atoms with van der Waals surface area (Å²) in [5.41, 5.74) is 6.68. The van der Waals surface area contributed by atoms with Crippen molar-refractivity contribution in [2.45, 2.75) is 44.3 Å².